The fraction of sp³-hybridized carbons (Fsp3) is 0.792. The Hall–Kier alpha value is -1.67. The summed E-state index contributed by atoms with van der Waals surface area (Å²) in [6.07, 6.45) is -5.81. The van der Waals surface area contributed by atoms with E-state index in [2.05, 4.69) is 29.1 Å². The zero-order valence-electron chi connectivity index (χ0n) is 22.9. The predicted molar refractivity (Wildman–Crippen MR) is 150 cm³/mol. The van der Waals surface area contributed by atoms with E-state index in [0.29, 0.717) is 12.6 Å². The number of nitrogens with one attached hydrogen (secondary N) is 2. The molecule has 2 amide bonds. The van der Waals surface area contributed by atoms with Gasteiger partial charge in [0.1, 0.15) is 18.3 Å². The van der Waals surface area contributed by atoms with Gasteiger partial charge >= 0.3 is 5.97 Å². The molecule has 0 aliphatic carbocycles. The summed E-state index contributed by atoms with van der Waals surface area (Å²) < 4.78 is 21.6. The van der Waals surface area contributed by atoms with Crippen LogP contribution >= 0.6 is 18.5 Å². The number of aliphatic carboxylic acids is 1. The summed E-state index contributed by atoms with van der Waals surface area (Å²) in [6.45, 7) is 7.46. The van der Waals surface area contributed by atoms with Crippen molar-refractivity contribution in [1.29, 1.82) is 0 Å². The molecule has 41 heavy (non-hydrogen) atoms. The molecule has 238 valence electrons. The molecule has 13 atom stereocenters. The van der Waals surface area contributed by atoms with Crippen LogP contribution in [-0.2, 0) is 42.9 Å². The van der Waals surface area contributed by atoms with E-state index < -0.39 is 78.3 Å². The van der Waals surface area contributed by atoms with Gasteiger partial charge in [-0.3, -0.25) is 9.59 Å². The van der Waals surface area contributed by atoms with Crippen molar-refractivity contribution in [3.63, 3.8) is 0 Å². The van der Waals surface area contributed by atoms with Crippen LogP contribution in [0, 0.1) is 0 Å². The van der Waals surface area contributed by atoms with Crippen molar-refractivity contribution in [3.8, 4) is 0 Å². The molecule has 0 aromatic carbocycles. The number of aliphatic hydroxyl groups is 3. The minimum absolute atomic E-state index is 0. The summed E-state index contributed by atoms with van der Waals surface area (Å²) in [4.78, 5) is 55.5. The summed E-state index contributed by atoms with van der Waals surface area (Å²) in [6, 6.07) is -1.88. The lowest BCUT2D eigenvalue weighted by atomic mass is 9.91. The smallest absolute Gasteiger partial charge is 0.364 e. The van der Waals surface area contributed by atoms with Crippen molar-refractivity contribution in [3.05, 3.63) is 0 Å². The van der Waals surface area contributed by atoms with E-state index in [-0.39, 0.29) is 25.6 Å². The predicted octanol–water partition coefficient (Wildman–Crippen LogP) is -1.35. The first kappa shape index (κ1) is 39.3. The van der Waals surface area contributed by atoms with E-state index in [9.17, 15) is 44.4 Å². The number of amides is 2. The molecular weight excluding hydrogens is 586 g/mol. The van der Waals surface area contributed by atoms with Crippen molar-refractivity contribution < 1.29 is 63.3 Å². The van der Waals surface area contributed by atoms with Gasteiger partial charge in [0, 0.05) is 26.7 Å². The third kappa shape index (κ3) is 11.5. The molecule has 0 aromatic rings. The summed E-state index contributed by atoms with van der Waals surface area (Å²) in [7, 11) is 4.67. The van der Waals surface area contributed by atoms with Gasteiger partial charge in [-0.15, -0.1) is 18.5 Å². The molecular formula is C24H44N2O13P2. The van der Waals surface area contributed by atoms with Crippen LogP contribution in [0.1, 0.15) is 54.9 Å². The lowest BCUT2D eigenvalue weighted by Crippen LogP contribution is -2.64. The van der Waals surface area contributed by atoms with Crippen LogP contribution in [0.15, 0.2) is 0 Å². The number of carbonyl (C=O) groups excluding carboxylic acids is 4. The molecule has 6 N–H and O–H groups in total. The molecule has 17 heteroatoms. The van der Waals surface area contributed by atoms with Crippen LogP contribution in [0.3, 0.4) is 0 Å². The normalized spacial score (nSPS) is 35.2. The van der Waals surface area contributed by atoms with E-state index in [4.69, 9.17) is 18.9 Å². The van der Waals surface area contributed by atoms with E-state index in [0.717, 1.165) is 0 Å². The lowest BCUT2D eigenvalue weighted by Gasteiger charge is -2.46. The third-order valence-electron chi connectivity index (χ3n) is 5.79. The van der Waals surface area contributed by atoms with Crippen molar-refractivity contribution in [2.24, 2.45) is 0 Å². The SMILES string of the molecule is C.CC(=O)NC1C(O)CC(C)(OC(C)P)OC1C(O)C=O.CC(=O)NC1C(O)CC(OC(C)P)(C(=O)O)OC1C=O. The number of carboxylic acids is 1. The number of rotatable bonds is 10. The molecule has 2 aliphatic heterocycles. The quantitative estimate of drug-likeness (QED) is 0.121. The highest BCUT2D eigenvalue weighted by Gasteiger charge is 2.54. The van der Waals surface area contributed by atoms with Crippen LogP contribution in [0.4, 0.5) is 0 Å². The minimum atomic E-state index is -2.12. The van der Waals surface area contributed by atoms with Crippen molar-refractivity contribution in [2.75, 3.05) is 0 Å². The maximum Gasteiger partial charge on any atom is 0.364 e. The molecule has 0 spiro atoms. The van der Waals surface area contributed by atoms with Gasteiger partial charge in [0.05, 0.1) is 36.0 Å². The molecule has 0 radical (unpaired) electrons. The first-order valence-corrected chi connectivity index (χ1v) is 13.7. The number of hydrogen-bond acceptors (Lipinski definition) is 12. The zero-order valence-corrected chi connectivity index (χ0v) is 25.2. The first-order valence-electron chi connectivity index (χ1n) is 12.3. The van der Waals surface area contributed by atoms with Crippen molar-refractivity contribution in [1.82, 2.24) is 10.6 Å². The average molecular weight is 631 g/mol. The van der Waals surface area contributed by atoms with Crippen LogP contribution in [0.5, 0.6) is 0 Å². The minimum Gasteiger partial charge on any atom is -0.477 e. The molecule has 13 unspecified atom stereocenters. The fourth-order valence-electron chi connectivity index (χ4n) is 4.43. The Balaban J connectivity index is 0.000000762. The van der Waals surface area contributed by atoms with Gasteiger partial charge in [-0.2, -0.15) is 0 Å². The lowest BCUT2D eigenvalue weighted by molar-refractivity contribution is -0.305. The third-order valence-corrected chi connectivity index (χ3v) is 6.07. The molecule has 2 aliphatic rings. The van der Waals surface area contributed by atoms with Gasteiger partial charge in [0.2, 0.25) is 11.8 Å². The number of carboxylic acid groups (broad SMARTS) is 1. The Morgan fingerprint density at radius 3 is 1.85 bits per heavy atom. The summed E-state index contributed by atoms with van der Waals surface area (Å²) in [5.74, 6) is -6.37. The van der Waals surface area contributed by atoms with E-state index in [1.807, 2.05) is 0 Å². The second kappa shape index (κ2) is 16.8. The second-order valence-corrected chi connectivity index (χ2v) is 11.6. The molecule has 2 heterocycles. The van der Waals surface area contributed by atoms with Gasteiger partial charge < -0.3 is 59.6 Å². The zero-order chi connectivity index (χ0) is 31.0. The van der Waals surface area contributed by atoms with Gasteiger partial charge in [-0.25, -0.2) is 4.79 Å². The number of hydrogen-bond donors (Lipinski definition) is 6. The molecule has 2 fully saturated rings. The first-order chi connectivity index (χ1) is 18.4. The van der Waals surface area contributed by atoms with Gasteiger partial charge in [-0.1, -0.05) is 7.43 Å². The molecule has 0 bridgehead atoms. The van der Waals surface area contributed by atoms with Crippen LogP contribution in [0.25, 0.3) is 0 Å². The number of aliphatic hydroxyl groups excluding tert-OH is 3. The standard InChI is InChI=1S/C12H22NO6P.C11H18NO7P.CH4/c1-6(15)13-10-8(16)4-12(3,18-7(2)20)19-11(10)9(17)5-14;1-5(14)12-9-7(15)3-11(10(16)17,18-6(2)20)19-8(9)4-13;/h5,7-11,16-17H,4,20H2,1-3H3,(H,13,15);4,6-9,15H,3,20H2,1-2H3,(H,12,14)(H,16,17);1H4. The Labute approximate surface area is 243 Å². The Morgan fingerprint density at radius 1 is 0.951 bits per heavy atom. The van der Waals surface area contributed by atoms with Crippen LogP contribution in [-0.4, -0.2) is 117 Å². The molecule has 0 saturated carbocycles. The number of ether oxygens (including phenoxy) is 4. The van der Waals surface area contributed by atoms with Crippen molar-refractivity contribution >= 4 is 48.8 Å². The number of carbonyl (C=O) groups is 5. The maximum absolute atomic E-state index is 11.4. The largest absolute Gasteiger partial charge is 0.477 e. The summed E-state index contributed by atoms with van der Waals surface area (Å²) >= 11 is 0. The maximum atomic E-state index is 11.4. The Morgan fingerprint density at radius 2 is 1.44 bits per heavy atom. The molecule has 15 nitrogen and oxygen atoms in total. The van der Waals surface area contributed by atoms with E-state index >= 15 is 0 Å². The molecule has 0 aromatic heterocycles. The van der Waals surface area contributed by atoms with Crippen LogP contribution in [0.2, 0.25) is 0 Å². The van der Waals surface area contributed by atoms with E-state index in [1.165, 1.54) is 13.8 Å². The summed E-state index contributed by atoms with van der Waals surface area (Å²) in [5.41, 5.74) is 0. The average Bonchev–Trinajstić information content (AvgIpc) is 2.80. The van der Waals surface area contributed by atoms with E-state index in [1.54, 1.807) is 20.8 Å². The fourth-order valence-corrected chi connectivity index (χ4v) is 4.94. The highest BCUT2D eigenvalue weighted by molar-refractivity contribution is 7.17. The molecule has 2 saturated heterocycles. The summed E-state index contributed by atoms with van der Waals surface area (Å²) in [5, 5.41) is 44.0. The highest BCUT2D eigenvalue weighted by atomic mass is 31.0. The highest BCUT2D eigenvalue weighted by Crippen LogP contribution is 2.34. The Bertz CT molecular complexity index is 911. The second-order valence-electron chi connectivity index (χ2n) is 9.76. The number of aldehydes is 2. The molecule has 2 rings (SSSR count). The van der Waals surface area contributed by atoms with Gasteiger partial charge in [0.15, 0.2) is 18.4 Å². The van der Waals surface area contributed by atoms with Gasteiger partial charge in [-0.05, 0) is 20.8 Å². The monoisotopic (exact) mass is 630 g/mol. The van der Waals surface area contributed by atoms with Crippen molar-refractivity contribution in [2.45, 2.75) is 121 Å². The topological polar surface area (TPSA) is 227 Å². The van der Waals surface area contributed by atoms with Crippen LogP contribution < -0.4 is 10.6 Å². The van der Waals surface area contributed by atoms with Gasteiger partial charge in [0.25, 0.3) is 5.79 Å². The Kier molecular flexibility index (Phi) is 16.1.